The summed E-state index contributed by atoms with van der Waals surface area (Å²) in [5, 5.41) is 0. The molecule has 0 aliphatic carbocycles. The number of ether oxygens (including phenoxy) is 1. The van der Waals surface area contributed by atoms with Crippen molar-refractivity contribution >= 4 is 26.0 Å². The van der Waals surface area contributed by atoms with Crippen molar-refractivity contribution in [2.75, 3.05) is 26.7 Å². The SMILES string of the molecule is CCOc1ccccc1CN1CCC(N(C)S(=O)(=O)c2ccc(Br)cc2CC)C1. The lowest BCUT2D eigenvalue weighted by Gasteiger charge is -2.25. The Morgan fingerprint density at radius 3 is 2.66 bits per heavy atom. The van der Waals surface area contributed by atoms with Crippen LogP contribution in [0.1, 0.15) is 31.4 Å². The van der Waals surface area contributed by atoms with Crippen LogP contribution < -0.4 is 4.74 Å². The van der Waals surface area contributed by atoms with Crippen LogP contribution in [-0.4, -0.2) is 50.4 Å². The van der Waals surface area contributed by atoms with Crippen LogP contribution in [0.3, 0.4) is 0 Å². The Morgan fingerprint density at radius 1 is 1.17 bits per heavy atom. The predicted octanol–water partition coefficient (Wildman–Crippen LogP) is 4.31. The highest BCUT2D eigenvalue weighted by Gasteiger charge is 2.34. The molecule has 1 aliphatic rings. The fourth-order valence-corrected chi connectivity index (χ4v) is 5.91. The molecule has 5 nitrogen and oxygen atoms in total. The van der Waals surface area contributed by atoms with Crippen molar-refractivity contribution in [3.63, 3.8) is 0 Å². The van der Waals surface area contributed by atoms with E-state index in [1.54, 1.807) is 23.5 Å². The molecule has 0 N–H and O–H groups in total. The summed E-state index contributed by atoms with van der Waals surface area (Å²) >= 11 is 3.44. The van der Waals surface area contributed by atoms with E-state index in [1.807, 2.05) is 38.1 Å². The van der Waals surface area contributed by atoms with Crippen molar-refractivity contribution in [1.29, 1.82) is 0 Å². The largest absolute Gasteiger partial charge is 0.494 e. The molecule has 0 spiro atoms. The monoisotopic (exact) mass is 480 g/mol. The van der Waals surface area contributed by atoms with Gasteiger partial charge in [-0.3, -0.25) is 4.90 Å². The van der Waals surface area contributed by atoms with Crippen molar-refractivity contribution in [3.05, 3.63) is 58.1 Å². The lowest BCUT2D eigenvalue weighted by atomic mass is 10.2. The molecule has 2 aromatic carbocycles. The molecule has 1 atom stereocenters. The highest BCUT2D eigenvalue weighted by molar-refractivity contribution is 9.10. The number of rotatable bonds is 8. The fraction of sp³-hybridized carbons (Fsp3) is 0.455. The Hall–Kier alpha value is -1.41. The summed E-state index contributed by atoms with van der Waals surface area (Å²) in [6.07, 6.45) is 1.50. The van der Waals surface area contributed by atoms with Gasteiger partial charge in [0.2, 0.25) is 10.0 Å². The Labute approximate surface area is 182 Å². The van der Waals surface area contributed by atoms with E-state index in [2.05, 4.69) is 26.9 Å². The number of likely N-dealkylation sites (tertiary alicyclic amines) is 1. The van der Waals surface area contributed by atoms with Gasteiger partial charge in [0, 0.05) is 42.8 Å². The number of benzene rings is 2. The molecule has 2 aromatic rings. The van der Waals surface area contributed by atoms with Crippen LogP contribution in [0.4, 0.5) is 0 Å². The molecule has 1 saturated heterocycles. The van der Waals surface area contributed by atoms with Gasteiger partial charge in [-0.15, -0.1) is 0 Å². The molecule has 0 radical (unpaired) electrons. The Bertz CT molecular complexity index is 949. The number of hydrogen-bond donors (Lipinski definition) is 0. The first-order chi connectivity index (χ1) is 13.9. The van der Waals surface area contributed by atoms with Crippen molar-refractivity contribution in [2.24, 2.45) is 0 Å². The van der Waals surface area contributed by atoms with Gasteiger partial charge in [-0.25, -0.2) is 8.42 Å². The zero-order chi connectivity index (χ0) is 21.0. The normalized spacial score (nSPS) is 17.8. The smallest absolute Gasteiger partial charge is 0.243 e. The lowest BCUT2D eigenvalue weighted by Crippen LogP contribution is -2.39. The van der Waals surface area contributed by atoms with E-state index < -0.39 is 10.0 Å². The molecule has 1 unspecified atom stereocenters. The van der Waals surface area contributed by atoms with Gasteiger partial charge in [0.1, 0.15) is 5.75 Å². The maximum absolute atomic E-state index is 13.3. The first-order valence-corrected chi connectivity index (χ1v) is 12.3. The van der Waals surface area contributed by atoms with Gasteiger partial charge in [-0.05, 0) is 49.6 Å². The molecule has 0 bridgehead atoms. The van der Waals surface area contributed by atoms with Gasteiger partial charge in [0.05, 0.1) is 11.5 Å². The molecule has 29 heavy (non-hydrogen) atoms. The molecular formula is C22H29BrN2O3S. The fourth-order valence-electron chi connectivity index (χ4n) is 3.85. The minimum atomic E-state index is -3.53. The summed E-state index contributed by atoms with van der Waals surface area (Å²) in [7, 11) is -1.83. The van der Waals surface area contributed by atoms with E-state index >= 15 is 0 Å². The number of nitrogens with zero attached hydrogens (tertiary/aromatic N) is 2. The highest BCUT2D eigenvalue weighted by atomic mass is 79.9. The standard InChI is InChI=1S/C22H29BrN2O3S/c1-4-17-14-19(23)10-11-22(17)29(26,27)24(3)20-12-13-25(16-20)15-18-8-6-7-9-21(18)28-5-2/h6-11,14,20H,4-5,12-13,15-16H2,1-3H3. The van der Waals surface area contributed by atoms with Gasteiger partial charge in [0.25, 0.3) is 0 Å². The Morgan fingerprint density at radius 2 is 1.93 bits per heavy atom. The minimum absolute atomic E-state index is 0.0346. The van der Waals surface area contributed by atoms with Crippen LogP contribution in [0, 0.1) is 0 Å². The van der Waals surface area contributed by atoms with Gasteiger partial charge in [0.15, 0.2) is 0 Å². The highest BCUT2D eigenvalue weighted by Crippen LogP contribution is 2.28. The third kappa shape index (κ3) is 5.02. The Balaban J connectivity index is 1.73. The van der Waals surface area contributed by atoms with E-state index in [9.17, 15) is 8.42 Å². The third-order valence-electron chi connectivity index (χ3n) is 5.49. The van der Waals surface area contributed by atoms with Crippen LogP contribution in [0.25, 0.3) is 0 Å². The number of halogens is 1. The van der Waals surface area contributed by atoms with Crippen molar-refractivity contribution in [3.8, 4) is 5.75 Å². The molecule has 1 heterocycles. The molecule has 158 valence electrons. The second kappa shape index (κ2) is 9.60. The summed E-state index contributed by atoms with van der Waals surface area (Å²) < 4.78 is 34.8. The maximum Gasteiger partial charge on any atom is 0.243 e. The van der Waals surface area contributed by atoms with Gasteiger partial charge in [-0.1, -0.05) is 41.1 Å². The van der Waals surface area contributed by atoms with E-state index in [4.69, 9.17) is 4.74 Å². The zero-order valence-corrected chi connectivity index (χ0v) is 19.7. The molecular weight excluding hydrogens is 452 g/mol. The van der Waals surface area contributed by atoms with Crippen LogP contribution in [0.15, 0.2) is 51.8 Å². The Kier molecular flexibility index (Phi) is 7.37. The first-order valence-electron chi connectivity index (χ1n) is 10.1. The number of hydrogen-bond acceptors (Lipinski definition) is 4. The lowest BCUT2D eigenvalue weighted by molar-refractivity contribution is 0.286. The number of likely N-dealkylation sites (N-methyl/N-ethyl adjacent to an activating group) is 1. The third-order valence-corrected chi connectivity index (χ3v) is 7.99. The van der Waals surface area contributed by atoms with Gasteiger partial charge >= 0.3 is 0 Å². The average Bonchev–Trinajstić information content (AvgIpc) is 3.17. The number of para-hydroxylation sites is 1. The molecule has 0 amide bonds. The molecule has 1 fully saturated rings. The summed E-state index contributed by atoms with van der Waals surface area (Å²) in [6.45, 7) is 6.94. The molecule has 3 rings (SSSR count). The van der Waals surface area contributed by atoms with Crippen molar-refractivity contribution < 1.29 is 13.2 Å². The quantitative estimate of drug-likeness (QED) is 0.564. The summed E-state index contributed by atoms with van der Waals surface area (Å²) in [4.78, 5) is 2.71. The van der Waals surface area contributed by atoms with Crippen molar-refractivity contribution in [1.82, 2.24) is 9.21 Å². The minimum Gasteiger partial charge on any atom is -0.494 e. The van der Waals surface area contributed by atoms with E-state index in [0.717, 1.165) is 40.9 Å². The maximum atomic E-state index is 13.3. The number of aryl methyl sites for hydroxylation is 1. The number of sulfonamides is 1. The van der Waals surface area contributed by atoms with Crippen molar-refractivity contribution in [2.45, 2.75) is 44.2 Å². The van der Waals surface area contributed by atoms with Gasteiger partial charge in [-0.2, -0.15) is 4.31 Å². The topological polar surface area (TPSA) is 49.9 Å². The zero-order valence-electron chi connectivity index (χ0n) is 17.3. The summed E-state index contributed by atoms with van der Waals surface area (Å²) in [6, 6.07) is 13.4. The van der Waals surface area contributed by atoms with Crippen LogP contribution >= 0.6 is 15.9 Å². The second-order valence-electron chi connectivity index (χ2n) is 7.35. The predicted molar refractivity (Wildman–Crippen MR) is 120 cm³/mol. The van der Waals surface area contributed by atoms with Gasteiger partial charge < -0.3 is 4.74 Å². The van der Waals surface area contributed by atoms with E-state index in [0.29, 0.717) is 24.5 Å². The average molecular weight is 481 g/mol. The van der Waals surface area contributed by atoms with E-state index in [-0.39, 0.29) is 6.04 Å². The molecule has 7 heteroatoms. The summed E-state index contributed by atoms with van der Waals surface area (Å²) in [5.74, 6) is 0.905. The van der Waals surface area contributed by atoms with Crippen LogP contribution in [0.2, 0.25) is 0 Å². The van der Waals surface area contributed by atoms with Crippen LogP contribution in [-0.2, 0) is 23.0 Å². The molecule has 0 saturated carbocycles. The van der Waals surface area contributed by atoms with E-state index in [1.165, 1.54) is 0 Å². The second-order valence-corrected chi connectivity index (χ2v) is 10.2. The molecule has 0 aromatic heterocycles. The van der Waals surface area contributed by atoms with Crippen LogP contribution in [0.5, 0.6) is 5.75 Å². The first kappa shape index (κ1) is 22.3. The molecule has 1 aliphatic heterocycles. The summed E-state index contributed by atoms with van der Waals surface area (Å²) in [5.41, 5.74) is 1.98.